The fourth-order valence-corrected chi connectivity index (χ4v) is 2.65. The third-order valence-electron chi connectivity index (χ3n) is 3.80. The normalized spacial score (nSPS) is 10.5. The maximum absolute atomic E-state index is 8.95. The molecule has 0 spiro atoms. The Balaban J connectivity index is 0.000000227. The molecular formula is C22H30N2O4. The Morgan fingerprint density at radius 1 is 1.07 bits per heavy atom. The van der Waals surface area contributed by atoms with Gasteiger partial charge in [-0.3, -0.25) is 4.79 Å². The molecule has 28 heavy (non-hydrogen) atoms. The Bertz CT molecular complexity index is 807. The summed E-state index contributed by atoms with van der Waals surface area (Å²) in [5, 5.41) is 1.31. The first-order valence-electron chi connectivity index (χ1n) is 9.28. The molecule has 0 saturated carbocycles. The lowest BCUT2D eigenvalue weighted by atomic mass is 10.1. The zero-order valence-electron chi connectivity index (χ0n) is 17.0. The van der Waals surface area contributed by atoms with Crippen LogP contribution in [0.1, 0.15) is 25.1 Å². The minimum absolute atomic E-state index is 0.360. The third kappa shape index (κ3) is 6.63. The van der Waals surface area contributed by atoms with Gasteiger partial charge in [0.1, 0.15) is 0 Å². The summed E-state index contributed by atoms with van der Waals surface area (Å²) in [5.41, 5.74) is 9.38. The van der Waals surface area contributed by atoms with Gasteiger partial charge in [-0.15, -0.1) is 0 Å². The van der Waals surface area contributed by atoms with Crippen LogP contribution in [0.25, 0.3) is 10.9 Å². The summed E-state index contributed by atoms with van der Waals surface area (Å²) < 4.78 is 14.0. The molecule has 1 aromatic heterocycles. The molecule has 4 rings (SSSR count). The maximum Gasteiger partial charge on any atom is 0.292 e. The number of rotatable bonds is 3. The van der Waals surface area contributed by atoms with Gasteiger partial charge in [-0.2, -0.15) is 0 Å². The van der Waals surface area contributed by atoms with E-state index in [1.165, 1.54) is 29.3 Å². The lowest BCUT2D eigenvalue weighted by molar-refractivity contribution is -0.126. The first kappa shape index (κ1) is 23.0. The van der Waals surface area contributed by atoms with Gasteiger partial charge < -0.3 is 24.9 Å². The van der Waals surface area contributed by atoms with Crippen molar-refractivity contribution in [2.75, 3.05) is 20.4 Å². The molecule has 0 atom stereocenters. The Kier molecular flexibility index (Phi) is 10.9. The molecule has 0 unspecified atom stereocenters. The molecule has 6 nitrogen and oxygen atoms in total. The molecule has 3 N–H and O–H groups in total. The van der Waals surface area contributed by atoms with Gasteiger partial charge in [0.05, 0.1) is 7.11 Å². The number of para-hydroxylation sites is 3. The van der Waals surface area contributed by atoms with E-state index in [1.54, 1.807) is 0 Å². The summed E-state index contributed by atoms with van der Waals surface area (Å²) in [6.07, 6.45) is 0.954. The Labute approximate surface area is 166 Å². The lowest BCUT2D eigenvalue weighted by Crippen LogP contribution is -2.03. The van der Waals surface area contributed by atoms with Crippen LogP contribution in [0, 0.1) is 6.92 Å². The SMILES string of the molecule is CC.COC=O.Cc1[nH]c2ccccc2c1CCN.c1ccc2c(c1)OCO2. The van der Waals surface area contributed by atoms with Crippen molar-refractivity contribution in [1.29, 1.82) is 0 Å². The van der Waals surface area contributed by atoms with Crippen LogP contribution in [0.4, 0.5) is 0 Å². The molecule has 0 radical (unpaired) electrons. The predicted octanol–water partition coefficient (Wildman–Crippen LogP) is 4.21. The van der Waals surface area contributed by atoms with Crippen LogP contribution < -0.4 is 15.2 Å². The molecule has 3 aromatic rings. The molecule has 2 aromatic carbocycles. The molecule has 6 heteroatoms. The summed E-state index contributed by atoms with van der Waals surface area (Å²) in [6, 6.07) is 16.0. The van der Waals surface area contributed by atoms with Gasteiger partial charge in [0.25, 0.3) is 6.47 Å². The molecule has 2 heterocycles. The van der Waals surface area contributed by atoms with Gasteiger partial charge in [-0.25, -0.2) is 0 Å². The van der Waals surface area contributed by atoms with Crippen LogP contribution in [-0.4, -0.2) is 31.9 Å². The van der Waals surface area contributed by atoms with E-state index in [0.717, 1.165) is 17.9 Å². The number of benzene rings is 2. The highest BCUT2D eigenvalue weighted by molar-refractivity contribution is 5.84. The average Bonchev–Trinajstić information content (AvgIpc) is 3.35. The van der Waals surface area contributed by atoms with Gasteiger partial charge in [0.2, 0.25) is 6.79 Å². The van der Waals surface area contributed by atoms with E-state index in [4.69, 9.17) is 20.0 Å². The highest BCUT2D eigenvalue weighted by atomic mass is 16.7. The molecular weight excluding hydrogens is 356 g/mol. The second kappa shape index (κ2) is 13.2. The smallest absolute Gasteiger partial charge is 0.292 e. The average molecular weight is 386 g/mol. The lowest BCUT2D eigenvalue weighted by Gasteiger charge is -1.96. The van der Waals surface area contributed by atoms with Crippen molar-refractivity contribution in [2.24, 2.45) is 5.73 Å². The summed E-state index contributed by atoms with van der Waals surface area (Å²) in [7, 11) is 1.31. The van der Waals surface area contributed by atoms with Crippen molar-refractivity contribution >= 4 is 17.4 Å². The number of hydrogen-bond acceptors (Lipinski definition) is 5. The number of ether oxygens (including phenoxy) is 3. The molecule has 0 aliphatic carbocycles. The zero-order chi connectivity index (χ0) is 20.8. The van der Waals surface area contributed by atoms with Gasteiger partial charge in [0.15, 0.2) is 11.5 Å². The molecule has 152 valence electrons. The monoisotopic (exact) mass is 386 g/mol. The van der Waals surface area contributed by atoms with E-state index < -0.39 is 0 Å². The number of carbonyl (C=O) groups excluding carboxylic acids is 1. The number of nitrogens with two attached hydrogens (primary N) is 1. The molecule has 0 saturated heterocycles. The van der Waals surface area contributed by atoms with E-state index in [9.17, 15) is 0 Å². The topological polar surface area (TPSA) is 86.6 Å². The number of carbonyl (C=O) groups is 1. The fourth-order valence-electron chi connectivity index (χ4n) is 2.65. The molecule has 0 fully saturated rings. The van der Waals surface area contributed by atoms with Crippen molar-refractivity contribution in [1.82, 2.24) is 4.98 Å². The van der Waals surface area contributed by atoms with Crippen LogP contribution in [0.2, 0.25) is 0 Å². The minimum Gasteiger partial charge on any atom is -0.471 e. The number of methoxy groups -OCH3 is 1. The maximum atomic E-state index is 8.95. The Hall–Kier alpha value is -2.99. The second-order valence-electron chi connectivity index (χ2n) is 5.50. The summed E-state index contributed by atoms with van der Waals surface area (Å²) >= 11 is 0. The van der Waals surface area contributed by atoms with Crippen molar-refractivity contribution in [2.45, 2.75) is 27.2 Å². The number of H-pyrrole nitrogens is 1. The van der Waals surface area contributed by atoms with E-state index in [1.807, 2.05) is 44.2 Å². The van der Waals surface area contributed by atoms with Gasteiger partial charge in [0, 0.05) is 16.6 Å². The molecule has 1 aliphatic heterocycles. The van der Waals surface area contributed by atoms with Crippen molar-refractivity contribution in [3.63, 3.8) is 0 Å². The summed E-state index contributed by atoms with van der Waals surface area (Å²) in [4.78, 5) is 12.3. The summed E-state index contributed by atoms with van der Waals surface area (Å²) in [6.45, 7) is 7.55. The number of aromatic nitrogens is 1. The molecule has 0 amide bonds. The molecule has 0 bridgehead atoms. The highest BCUT2D eigenvalue weighted by Crippen LogP contribution is 2.30. The minimum atomic E-state index is 0.360. The van der Waals surface area contributed by atoms with Crippen LogP contribution in [0.15, 0.2) is 48.5 Å². The highest BCUT2D eigenvalue weighted by Gasteiger charge is 2.09. The van der Waals surface area contributed by atoms with E-state index in [2.05, 4.69) is 34.8 Å². The van der Waals surface area contributed by atoms with Crippen molar-refractivity contribution in [3.05, 3.63) is 59.8 Å². The number of fused-ring (bicyclic) bond motifs is 2. The largest absolute Gasteiger partial charge is 0.471 e. The number of nitrogens with one attached hydrogen (secondary N) is 1. The third-order valence-corrected chi connectivity index (χ3v) is 3.80. The van der Waals surface area contributed by atoms with E-state index >= 15 is 0 Å². The quantitative estimate of drug-likeness (QED) is 0.659. The van der Waals surface area contributed by atoms with Gasteiger partial charge >= 0.3 is 0 Å². The van der Waals surface area contributed by atoms with Crippen LogP contribution in [0.3, 0.4) is 0 Å². The fraction of sp³-hybridized carbons (Fsp3) is 0.318. The standard InChI is InChI=1S/C11H14N2.C7H6O2.C2H4O2.C2H6/c1-8-9(6-7-12)10-4-2-3-5-11(10)13-8;1-2-4-7-6(3-1)8-5-9-7;1-4-2-3;1-2/h2-5,13H,6-7,12H2,1H3;1-4H,5H2;2H,1H3;1-2H3. The van der Waals surface area contributed by atoms with Crippen molar-refractivity contribution in [3.8, 4) is 11.5 Å². The summed E-state index contributed by atoms with van der Waals surface area (Å²) in [5.74, 6) is 1.69. The van der Waals surface area contributed by atoms with Gasteiger partial charge in [-0.05, 0) is 43.7 Å². The predicted molar refractivity (Wildman–Crippen MR) is 113 cm³/mol. The van der Waals surface area contributed by atoms with E-state index in [-0.39, 0.29) is 0 Å². The number of aromatic amines is 1. The van der Waals surface area contributed by atoms with E-state index in [0.29, 0.717) is 19.8 Å². The van der Waals surface area contributed by atoms with Crippen LogP contribution in [0.5, 0.6) is 11.5 Å². The van der Waals surface area contributed by atoms with Gasteiger partial charge in [-0.1, -0.05) is 44.2 Å². The number of hydrogen-bond donors (Lipinski definition) is 2. The second-order valence-corrected chi connectivity index (χ2v) is 5.50. The Morgan fingerprint density at radius 3 is 2.14 bits per heavy atom. The zero-order valence-corrected chi connectivity index (χ0v) is 17.0. The van der Waals surface area contributed by atoms with Crippen LogP contribution >= 0.6 is 0 Å². The number of aryl methyl sites for hydroxylation is 1. The van der Waals surface area contributed by atoms with Crippen LogP contribution in [-0.2, 0) is 16.0 Å². The first-order chi connectivity index (χ1) is 13.7. The Morgan fingerprint density at radius 2 is 1.61 bits per heavy atom. The molecule has 1 aliphatic rings. The van der Waals surface area contributed by atoms with Crippen molar-refractivity contribution < 1.29 is 19.0 Å². The first-order valence-corrected chi connectivity index (χ1v) is 9.28.